The molecule has 4 unspecified atom stereocenters. The molecule has 0 spiro atoms. The molecule has 2 bridgehead atoms. The number of carbonyl (C=O) groups excluding carboxylic acids is 1. The van der Waals surface area contributed by atoms with Gasteiger partial charge in [-0.25, -0.2) is 4.79 Å². The highest BCUT2D eigenvalue weighted by Gasteiger charge is 2.67. The molecule has 3 nitrogen and oxygen atoms in total. The van der Waals surface area contributed by atoms with E-state index in [0.29, 0.717) is 6.61 Å². The SMILES string of the molecule is CCOC(=O)C1=C(c2ccccc2)C2C1C1OC2(C)c2ccccc21. The highest BCUT2D eigenvalue weighted by molar-refractivity contribution is 6.04. The predicted molar refractivity (Wildman–Crippen MR) is 94.6 cm³/mol. The third-order valence-corrected chi connectivity index (χ3v) is 5.97. The topological polar surface area (TPSA) is 35.5 Å². The number of ether oxygens (including phenoxy) is 2. The quantitative estimate of drug-likeness (QED) is 0.788. The Kier molecular flexibility index (Phi) is 3.02. The third kappa shape index (κ3) is 1.77. The zero-order chi connectivity index (χ0) is 17.2. The summed E-state index contributed by atoms with van der Waals surface area (Å²) in [4.78, 5) is 12.7. The molecule has 0 radical (unpaired) electrons. The van der Waals surface area contributed by atoms with Gasteiger partial charge in [0.15, 0.2) is 0 Å². The maximum absolute atomic E-state index is 12.7. The van der Waals surface area contributed by atoms with Crippen LogP contribution in [0.4, 0.5) is 0 Å². The molecule has 126 valence electrons. The Hall–Kier alpha value is -2.39. The van der Waals surface area contributed by atoms with Crippen LogP contribution in [0.15, 0.2) is 60.2 Å². The van der Waals surface area contributed by atoms with Gasteiger partial charge in [-0.1, -0.05) is 54.6 Å². The van der Waals surface area contributed by atoms with Crippen LogP contribution >= 0.6 is 0 Å². The smallest absolute Gasteiger partial charge is 0.334 e. The van der Waals surface area contributed by atoms with E-state index in [-0.39, 0.29) is 29.5 Å². The summed E-state index contributed by atoms with van der Waals surface area (Å²) >= 11 is 0. The van der Waals surface area contributed by atoms with E-state index in [1.165, 1.54) is 11.1 Å². The molecule has 2 aromatic rings. The van der Waals surface area contributed by atoms with Crippen molar-refractivity contribution in [2.75, 3.05) is 6.61 Å². The molecule has 0 saturated carbocycles. The molecule has 2 aliphatic heterocycles. The van der Waals surface area contributed by atoms with E-state index in [9.17, 15) is 4.79 Å². The van der Waals surface area contributed by atoms with Crippen LogP contribution in [0.3, 0.4) is 0 Å². The van der Waals surface area contributed by atoms with Gasteiger partial charge in [0, 0.05) is 17.4 Å². The molecule has 5 rings (SSSR count). The van der Waals surface area contributed by atoms with Crippen LogP contribution < -0.4 is 0 Å². The van der Waals surface area contributed by atoms with E-state index in [1.807, 2.05) is 31.2 Å². The molecule has 0 amide bonds. The summed E-state index contributed by atoms with van der Waals surface area (Å²) in [5.74, 6) is 0.100. The van der Waals surface area contributed by atoms with E-state index < -0.39 is 0 Å². The first kappa shape index (κ1) is 14.9. The van der Waals surface area contributed by atoms with Crippen molar-refractivity contribution in [1.29, 1.82) is 0 Å². The lowest BCUT2D eigenvalue weighted by Gasteiger charge is -2.45. The summed E-state index contributed by atoms with van der Waals surface area (Å²) in [6.45, 7) is 4.41. The van der Waals surface area contributed by atoms with Gasteiger partial charge in [0.2, 0.25) is 0 Å². The van der Waals surface area contributed by atoms with E-state index in [1.54, 1.807) is 0 Å². The van der Waals surface area contributed by atoms with Gasteiger partial charge in [-0.05, 0) is 36.1 Å². The average Bonchev–Trinajstić information content (AvgIpc) is 3.02. The summed E-state index contributed by atoms with van der Waals surface area (Å²) < 4.78 is 11.9. The van der Waals surface area contributed by atoms with Crippen LogP contribution in [0.5, 0.6) is 0 Å². The summed E-state index contributed by atoms with van der Waals surface area (Å²) in [5.41, 5.74) is 5.12. The predicted octanol–water partition coefficient (Wildman–Crippen LogP) is 4.25. The minimum Gasteiger partial charge on any atom is -0.463 e. The fraction of sp³-hybridized carbons (Fsp3) is 0.318. The number of rotatable bonds is 3. The summed E-state index contributed by atoms with van der Waals surface area (Å²) in [6, 6.07) is 18.6. The molecule has 2 aromatic carbocycles. The molecule has 2 heterocycles. The fourth-order valence-corrected chi connectivity index (χ4v) is 5.04. The third-order valence-electron chi connectivity index (χ3n) is 5.97. The van der Waals surface area contributed by atoms with Gasteiger partial charge in [0.05, 0.1) is 18.3 Å². The Labute approximate surface area is 147 Å². The van der Waals surface area contributed by atoms with Gasteiger partial charge in [-0.15, -0.1) is 0 Å². The number of fused-ring (bicyclic) bond motifs is 8. The van der Waals surface area contributed by atoms with Crippen LogP contribution in [-0.4, -0.2) is 12.6 Å². The zero-order valence-electron chi connectivity index (χ0n) is 14.4. The van der Waals surface area contributed by atoms with Crippen molar-refractivity contribution in [3.63, 3.8) is 0 Å². The molecule has 25 heavy (non-hydrogen) atoms. The minimum atomic E-state index is -0.368. The van der Waals surface area contributed by atoms with Crippen molar-refractivity contribution in [2.45, 2.75) is 25.6 Å². The number of benzene rings is 2. The summed E-state index contributed by atoms with van der Waals surface area (Å²) in [5, 5.41) is 0. The van der Waals surface area contributed by atoms with Crippen LogP contribution in [0.2, 0.25) is 0 Å². The highest BCUT2D eigenvalue weighted by atomic mass is 16.5. The lowest BCUT2D eigenvalue weighted by Crippen LogP contribution is -2.44. The van der Waals surface area contributed by atoms with Crippen molar-refractivity contribution in [3.05, 3.63) is 76.9 Å². The second-order valence-corrected chi connectivity index (χ2v) is 7.15. The first-order valence-electron chi connectivity index (χ1n) is 8.90. The van der Waals surface area contributed by atoms with Crippen LogP contribution in [0, 0.1) is 11.8 Å². The van der Waals surface area contributed by atoms with E-state index in [2.05, 4.69) is 37.3 Å². The summed E-state index contributed by atoms with van der Waals surface area (Å²) in [6.07, 6.45) is -0.0435. The minimum absolute atomic E-state index is 0.0435. The Morgan fingerprint density at radius 2 is 1.84 bits per heavy atom. The molecule has 4 atom stereocenters. The maximum atomic E-state index is 12.7. The molecule has 1 aliphatic carbocycles. The van der Waals surface area contributed by atoms with Gasteiger partial charge in [0.25, 0.3) is 0 Å². The van der Waals surface area contributed by atoms with Crippen molar-refractivity contribution in [2.24, 2.45) is 11.8 Å². The average molecular weight is 332 g/mol. The molecule has 1 fully saturated rings. The number of hydrogen-bond acceptors (Lipinski definition) is 3. The fourth-order valence-electron chi connectivity index (χ4n) is 5.04. The zero-order valence-corrected chi connectivity index (χ0v) is 14.4. The largest absolute Gasteiger partial charge is 0.463 e. The summed E-state index contributed by atoms with van der Waals surface area (Å²) in [7, 11) is 0. The molecule has 1 saturated heterocycles. The number of hydrogen-bond donors (Lipinski definition) is 0. The van der Waals surface area contributed by atoms with Crippen molar-refractivity contribution < 1.29 is 14.3 Å². The van der Waals surface area contributed by atoms with E-state index in [0.717, 1.165) is 16.7 Å². The van der Waals surface area contributed by atoms with Crippen LogP contribution in [0.25, 0.3) is 5.57 Å². The molecule has 0 aromatic heterocycles. The molecular formula is C22H20O3. The molecule has 0 N–H and O–H groups in total. The monoisotopic (exact) mass is 332 g/mol. The molecule has 3 heteroatoms. The lowest BCUT2D eigenvalue weighted by molar-refractivity contribution is -0.139. The number of carbonyl (C=O) groups is 1. The Morgan fingerprint density at radius 3 is 2.60 bits per heavy atom. The Balaban J connectivity index is 1.69. The Morgan fingerprint density at radius 1 is 1.12 bits per heavy atom. The van der Waals surface area contributed by atoms with Crippen molar-refractivity contribution >= 4 is 11.5 Å². The maximum Gasteiger partial charge on any atom is 0.334 e. The molecular weight excluding hydrogens is 312 g/mol. The molecule has 3 aliphatic rings. The number of esters is 1. The standard InChI is InChI=1S/C22H20O3/c1-3-24-21(23)17-16(13-9-5-4-6-10-13)19-18(17)20-14-11-7-8-12-15(14)22(19,2)25-20/h4-12,18-20H,3H2,1-2H3. The van der Waals surface area contributed by atoms with Gasteiger partial charge >= 0.3 is 5.97 Å². The van der Waals surface area contributed by atoms with Crippen LogP contribution in [0.1, 0.15) is 36.6 Å². The van der Waals surface area contributed by atoms with Gasteiger partial charge in [-0.3, -0.25) is 0 Å². The second kappa shape index (κ2) is 5.06. The second-order valence-electron chi connectivity index (χ2n) is 7.15. The van der Waals surface area contributed by atoms with Crippen molar-refractivity contribution in [3.8, 4) is 0 Å². The highest BCUT2D eigenvalue weighted by Crippen LogP contribution is 2.71. The normalized spacial score (nSPS) is 31.4. The van der Waals surface area contributed by atoms with E-state index in [4.69, 9.17) is 9.47 Å². The van der Waals surface area contributed by atoms with E-state index >= 15 is 0 Å². The van der Waals surface area contributed by atoms with Crippen molar-refractivity contribution in [1.82, 2.24) is 0 Å². The van der Waals surface area contributed by atoms with Gasteiger partial charge in [-0.2, -0.15) is 0 Å². The first-order valence-corrected chi connectivity index (χ1v) is 8.90. The lowest BCUT2D eigenvalue weighted by atomic mass is 9.54. The Bertz CT molecular complexity index is 898. The van der Waals surface area contributed by atoms with Gasteiger partial charge < -0.3 is 9.47 Å². The van der Waals surface area contributed by atoms with Crippen LogP contribution in [-0.2, 0) is 19.9 Å². The first-order chi connectivity index (χ1) is 12.2. The van der Waals surface area contributed by atoms with Gasteiger partial charge in [0.1, 0.15) is 0 Å².